The molecule has 0 aromatic carbocycles. The molecule has 5 atom stereocenters. The van der Waals surface area contributed by atoms with Crippen LogP contribution in [0.25, 0.3) is 0 Å². The highest BCUT2D eigenvalue weighted by Gasteiger charge is 2.36. The molecule has 0 amide bonds. The number of esters is 2. The van der Waals surface area contributed by atoms with Crippen molar-refractivity contribution in [3.63, 3.8) is 0 Å². The smallest absolute Gasteiger partial charge is 0.462 e. The van der Waals surface area contributed by atoms with E-state index in [1.54, 1.807) is 0 Å². The molecular weight excluding hydrogens is 814 g/mol. The minimum atomic E-state index is -4.87. The average molecular weight is 893 g/mol. The van der Waals surface area contributed by atoms with Gasteiger partial charge in [-0.1, -0.05) is 133 Å². The van der Waals surface area contributed by atoms with Crippen LogP contribution >= 0.6 is 15.6 Å². The lowest BCUT2D eigenvalue weighted by atomic mass is 10.1. The van der Waals surface area contributed by atoms with Gasteiger partial charge in [-0.25, -0.2) is 9.13 Å². The van der Waals surface area contributed by atoms with Gasteiger partial charge < -0.3 is 34.0 Å². The van der Waals surface area contributed by atoms with E-state index in [1.165, 1.54) is 57.8 Å². The first-order valence-corrected chi connectivity index (χ1v) is 25.5. The molecule has 0 aliphatic carbocycles. The lowest BCUT2D eigenvalue weighted by Gasteiger charge is -2.20. The number of allylic oxidation sites excluding steroid dienone is 7. The van der Waals surface area contributed by atoms with Crippen molar-refractivity contribution in [2.45, 2.75) is 192 Å². The number of unbranched alkanes of at least 4 members (excludes halogenated alkanes) is 14. The van der Waals surface area contributed by atoms with Gasteiger partial charge in [-0.15, -0.1) is 0 Å². The summed E-state index contributed by atoms with van der Waals surface area (Å²) in [5, 5.41) is 9.75. The van der Waals surface area contributed by atoms with E-state index >= 15 is 0 Å². The molecular formula is C44H78O14P2. The van der Waals surface area contributed by atoms with Gasteiger partial charge in [-0.05, 0) is 70.6 Å². The standard InChI is InChI=1S/C44H78O14P2/c1-3-5-7-9-11-12-13-14-15-16-17-18-19-20-21-25-30-34-44(47)57-40(38-56-60(51,52)55-36-39(45)35-54-59(48,49)50)37-53-43(46)33-29-26-22-24-28-32-42-41(58-42)31-27-23-10-8-6-4-2/h14-15,17-18,20-21,23,27,39-42,45H,3-13,16,19,22,24-26,28-38H2,1-2H3,(H,51,52)(H2,48,49,50)/b15-14-,18-17-,21-20-,27-23-/t39-,40+,41?,42?/m0/s1. The van der Waals surface area contributed by atoms with Gasteiger partial charge in [0.2, 0.25) is 0 Å². The Hall–Kier alpha value is -1.96. The van der Waals surface area contributed by atoms with Crippen molar-refractivity contribution in [2.24, 2.45) is 0 Å². The normalized spacial score (nSPS) is 17.8. The maximum absolute atomic E-state index is 12.7. The Morgan fingerprint density at radius 3 is 1.78 bits per heavy atom. The van der Waals surface area contributed by atoms with Gasteiger partial charge in [0.05, 0.1) is 32.0 Å². The molecule has 60 heavy (non-hydrogen) atoms. The van der Waals surface area contributed by atoms with E-state index in [-0.39, 0.29) is 12.8 Å². The zero-order valence-corrected chi connectivity index (χ0v) is 38.3. The Labute approximate surface area is 360 Å². The second kappa shape index (κ2) is 36.5. The summed E-state index contributed by atoms with van der Waals surface area (Å²) in [7, 11) is -9.70. The number of phosphoric ester groups is 2. The van der Waals surface area contributed by atoms with Crippen LogP contribution in [0.3, 0.4) is 0 Å². The van der Waals surface area contributed by atoms with Gasteiger partial charge in [0.25, 0.3) is 0 Å². The van der Waals surface area contributed by atoms with Crippen molar-refractivity contribution in [1.82, 2.24) is 0 Å². The number of ether oxygens (including phenoxy) is 3. The summed E-state index contributed by atoms with van der Waals surface area (Å²) in [6.45, 7) is 1.64. The number of epoxide rings is 1. The summed E-state index contributed by atoms with van der Waals surface area (Å²) in [5.74, 6) is -1.12. The fourth-order valence-electron chi connectivity index (χ4n) is 6.08. The van der Waals surface area contributed by atoms with Gasteiger partial charge in [0, 0.05) is 12.8 Å². The number of carbonyl (C=O) groups is 2. The molecule has 0 aromatic heterocycles. The van der Waals surface area contributed by atoms with Crippen molar-refractivity contribution >= 4 is 27.6 Å². The van der Waals surface area contributed by atoms with Gasteiger partial charge in [0.15, 0.2) is 6.10 Å². The molecule has 348 valence electrons. The van der Waals surface area contributed by atoms with Crippen LogP contribution in [0.1, 0.15) is 168 Å². The molecule has 14 nitrogen and oxygen atoms in total. The number of hydrogen-bond acceptors (Lipinski definition) is 11. The second-order valence-corrected chi connectivity index (χ2v) is 18.0. The summed E-state index contributed by atoms with van der Waals surface area (Å²) < 4.78 is 53.5. The second-order valence-electron chi connectivity index (χ2n) is 15.4. The van der Waals surface area contributed by atoms with Crippen LogP contribution in [0.15, 0.2) is 48.6 Å². The van der Waals surface area contributed by atoms with Crippen molar-refractivity contribution in [3.05, 3.63) is 48.6 Å². The first kappa shape index (κ1) is 56.1. The quantitative estimate of drug-likeness (QED) is 0.0148. The van der Waals surface area contributed by atoms with E-state index in [9.17, 15) is 28.7 Å². The van der Waals surface area contributed by atoms with Crippen molar-refractivity contribution in [1.29, 1.82) is 0 Å². The third kappa shape index (κ3) is 36.7. The Bertz CT molecular complexity index is 1310. The SMILES string of the molecule is CCCCC/C=C\CC1OC1CCCCCCCC(=O)OC[C@H](COP(=O)(O)OC[C@@H](O)COP(=O)(O)O)OC(=O)CCC/C=C\C/C=C\C/C=C\CCCCCCCC. The lowest BCUT2D eigenvalue weighted by molar-refractivity contribution is -0.161. The van der Waals surface area contributed by atoms with Crippen LogP contribution in [0, 0.1) is 0 Å². The molecule has 0 aromatic rings. The lowest BCUT2D eigenvalue weighted by Crippen LogP contribution is -2.29. The molecule has 0 bridgehead atoms. The predicted octanol–water partition coefficient (Wildman–Crippen LogP) is 10.4. The zero-order chi connectivity index (χ0) is 44.2. The molecule has 4 N–H and O–H groups in total. The van der Waals surface area contributed by atoms with Gasteiger partial charge >= 0.3 is 27.6 Å². The Balaban J connectivity index is 2.40. The van der Waals surface area contributed by atoms with E-state index in [1.807, 2.05) is 12.2 Å². The highest BCUT2D eigenvalue weighted by molar-refractivity contribution is 7.47. The van der Waals surface area contributed by atoms with Crippen LogP contribution in [-0.4, -0.2) is 82.6 Å². The minimum Gasteiger partial charge on any atom is -0.462 e. The first-order valence-electron chi connectivity index (χ1n) is 22.5. The molecule has 0 radical (unpaired) electrons. The van der Waals surface area contributed by atoms with Crippen LogP contribution in [0.4, 0.5) is 0 Å². The highest BCUT2D eigenvalue weighted by atomic mass is 31.2. The minimum absolute atomic E-state index is 0.0524. The number of rotatable bonds is 41. The third-order valence-electron chi connectivity index (χ3n) is 9.60. The van der Waals surface area contributed by atoms with Gasteiger partial charge in [0.1, 0.15) is 12.7 Å². The van der Waals surface area contributed by atoms with E-state index in [4.69, 9.17) is 28.5 Å². The van der Waals surface area contributed by atoms with Crippen molar-refractivity contribution < 1.29 is 66.3 Å². The average Bonchev–Trinajstić information content (AvgIpc) is 3.96. The molecule has 1 rings (SSSR count). The number of hydrogen-bond donors (Lipinski definition) is 4. The molecule has 1 saturated heterocycles. The maximum atomic E-state index is 12.7. The maximum Gasteiger partial charge on any atom is 0.472 e. The van der Waals surface area contributed by atoms with E-state index < -0.39 is 66.2 Å². The zero-order valence-electron chi connectivity index (χ0n) is 36.5. The predicted molar refractivity (Wildman–Crippen MR) is 234 cm³/mol. The summed E-state index contributed by atoms with van der Waals surface area (Å²) in [6.07, 6.45) is 38.4. The largest absolute Gasteiger partial charge is 0.472 e. The Morgan fingerprint density at radius 1 is 0.583 bits per heavy atom. The summed E-state index contributed by atoms with van der Waals surface area (Å²) in [5.41, 5.74) is 0. The van der Waals surface area contributed by atoms with Crippen LogP contribution in [-0.2, 0) is 46.5 Å². The van der Waals surface area contributed by atoms with Crippen LogP contribution in [0.2, 0.25) is 0 Å². The molecule has 1 heterocycles. The molecule has 16 heteroatoms. The summed E-state index contributed by atoms with van der Waals surface area (Å²) in [4.78, 5) is 52.7. The first-order chi connectivity index (χ1) is 28.8. The fraction of sp³-hybridized carbons (Fsp3) is 0.773. The number of aliphatic hydroxyl groups is 1. The number of phosphoric acid groups is 2. The van der Waals surface area contributed by atoms with Crippen molar-refractivity contribution in [2.75, 3.05) is 26.4 Å². The molecule has 0 spiro atoms. The van der Waals surface area contributed by atoms with E-state index in [2.05, 4.69) is 59.4 Å². The molecule has 1 aliphatic heterocycles. The van der Waals surface area contributed by atoms with E-state index in [0.717, 1.165) is 64.2 Å². The van der Waals surface area contributed by atoms with Crippen molar-refractivity contribution in [3.8, 4) is 0 Å². The third-order valence-corrected chi connectivity index (χ3v) is 11.0. The van der Waals surface area contributed by atoms with E-state index in [0.29, 0.717) is 31.5 Å². The van der Waals surface area contributed by atoms with Crippen LogP contribution in [0.5, 0.6) is 0 Å². The Morgan fingerprint density at radius 2 is 1.10 bits per heavy atom. The topological polar surface area (TPSA) is 208 Å². The Kier molecular flexibility index (Phi) is 34.1. The molecule has 3 unspecified atom stereocenters. The molecule has 1 aliphatic rings. The molecule has 1 fully saturated rings. The summed E-state index contributed by atoms with van der Waals surface area (Å²) >= 11 is 0. The number of aliphatic hydroxyl groups excluding tert-OH is 1. The van der Waals surface area contributed by atoms with Gasteiger partial charge in [-0.2, -0.15) is 0 Å². The fourth-order valence-corrected chi connectivity index (χ4v) is 7.23. The highest BCUT2D eigenvalue weighted by Crippen LogP contribution is 2.44. The van der Waals surface area contributed by atoms with Crippen LogP contribution < -0.4 is 0 Å². The number of carbonyl (C=O) groups excluding carboxylic acids is 2. The van der Waals surface area contributed by atoms with Gasteiger partial charge in [-0.3, -0.25) is 23.2 Å². The monoisotopic (exact) mass is 892 g/mol. The molecule has 0 saturated carbocycles. The summed E-state index contributed by atoms with van der Waals surface area (Å²) in [6, 6.07) is 0.